The van der Waals surface area contributed by atoms with Gasteiger partial charge in [-0.25, -0.2) is 8.42 Å². The molecule has 1 saturated carbocycles. The molecule has 2 bridgehead atoms. The summed E-state index contributed by atoms with van der Waals surface area (Å²) in [5, 5.41) is 0.261. The molecule has 10 heteroatoms. The number of nitrogens with zero attached hydrogens (tertiary/aromatic N) is 1. The average Bonchev–Trinajstić information content (AvgIpc) is 3.21. The molecule has 40 heavy (non-hydrogen) atoms. The minimum atomic E-state index is -4.48. The van der Waals surface area contributed by atoms with E-state index in [1.165, 1.54) is 60.6 Å². The maximum absolute atomic E-state index is 16.1. The first-order valence-electron chi connectivity index (χ1n) is 14.3. The van der Waals surface area contributed by atoms with E-state index >= 15 is 8.78 Å². The Morgan fingerprint density at radius 2 is 1.60 bits per heavy atom. The van der Waals surface area contributed by atoms with Crippen LogP contribution in [0.15, 0.2) is 53.4 Å². The Hall–Kier alpha value is -2.23. The van der Waals surface area contributed by atoms with Crippen LogP contribution in [0.5, 0.6) is 5.75 Å². The molecular formula is C30H37ClF2N2O4S. The number of hydrogen-bond acceptors (Lipinski definition) is 4. The fraction of sp³-hybridized carbons (Fsp3) is 0.567. The summed E-state index contributed by atoms with van der Waals surface area (Å²) in [6, 6.07) is 7.92. The molecule has 1 amide bonds. The van der Waals surface area contributed by atoms with Crippen LogP contribution in [0.4, 0.5) is 8.78 Å². The van der Waals surface area contributed by atoms with Crippen molar-refractivity contribution in [2.75, 3.05) is 6.61 Å². The highest BCUT2D eigenvalue weighted by atomic mass is 35.5. The van der Waals surface area contributed by atoms with Gasteiger partial charge in [0.05, 0.1) is 11.5 Å². The number of benzene rings is 2. The normalized spacial score (nSPS) is 24.6. The Morgan fingerprint density at radius 1 is 1.00 bits per heavy atom. The van der Waals surface area contributed by atoms with Crippen LogP contribution in [-0.4, -0.2) is 44.0 Å². The fourth-order valence-electron chi connectivity index (χ4n) is 6.58. The summed E-state index contributed by atoms with van der Waals surface area (Å²) in [5.41, 5.74) is -0.484. The Kier molecular flexibility index (Phi) is 8.74. The SMILES string of the molecule is CC1CC2CCC(C1)N2C(=O)C(NS(=O)(=O)c1ccc(OCC2CCCCC2)cc1)C(F)(F)c1ccc(Cl)cc1. The molecule has 5 rings (SSSR count). The van der Waals surface area contributed by atoms with Crippen molar-refractivity contribution in [1.29, 1.82) is 0 Å². The van der Waals surface area contributed by atoms with Crippen molar-refractivity contribution in [3.63, 3.8) is 0 Å². The predicted octanol–water partition coefficient (Wildman–Crippen LogP) is 6.53. The van der Waals surface area contributed by atoms with Crippen molar-refractivity contribution >= 4 is 27.5 Å². The van der Waals surface area contributed by atoms with Crippen molar-refractivity contribution in [1.82, 2.24) is 9.62 Å². The zero-order chi connectivity index (χ0) is 28.5. The Morgan fingerprint density at radius 3 is 2.20 bits per heavy atom. The van der Waals surface area contributed by atoms with Gasteiger partial charge in [0.1, 0.15) is 5.75 Å². The predicted molar refractivity (Wildman–Crippen MR) is 150 cm³/mol. The molecule has 6 nitrogen and oxygen atoms in total. The van der Waals surface area contributed by atoms with E-state index in [2.05, 4.69) is 11.6 Å². The third-order valence-corrected chi connectivity index (χ3v) is 10.4. The van der Waals surface area contributed by atoms with Crippen LogP contribution < -0.4 is 9.46 Å². The molecule has 2 heterocycles. The van der Waals surface area contributed by atoms with E-state index in [0.717, 1.165) is 50.7 Å². The van der Waals surface area contributed by atoms with Gasteiger partial charge in [0.15, 0.2) is 6.04 Å². The number of halogens is 3. The summed E-state index contributed by atoms with van der Waals surface area (Å²) in [6.07, 6.45) is 8.76. The third kappa shape index (κ3) is 6.31. The summed E-state index contributed by atoms with van der Waals surface area (Å²) in [6.45, 7) is 2.66. The zero-order valence-electron chi connectivity index (χ0n) is 22.7. The number of sulfonamides is 1. The van der Waals surface area contributed by atoms with E-state index in [1.807, 2.05) is 0 Å². The molecule has 0 radical (unpaired) electrons. The quantitative estimate of drug-likeness (QED) is 0.358. The van der Waals surface area contributed by atoms with Crippen LogP contribution in [0, 0.1) is 11.8 Å². The summed E-state index contributed by atoms with van der Waals surface area (Å²) < 4.78 is 66.9. The van der Waals surface area contributed by atoms with Crippen LogP contribution in [0.1, 0.15) is 70.3 Å². The standard InChI is InChI=1S/C30H37ClF2N2O4S/c1-20-17-24-11-12-25(18-20)35(24)29(36)28(30(32,33)22-7-9-23(31)10-8-22)34-40(37,38)27-15-13-26(14-16-27)39-19-21-5-3-2-4-6-21/h7-10,13-16,20-21,24-25,28,34H,2-6,11-12,17-19H2,1H3. The van der Waals surface area contributed by atoms with Gasteiger partial charge in [-0.05, 0) is 86.8 Å². The van der Waals surface area contributed by atoms with Crippen LogP contribution in [-0.2, 0) is 20.7 Å². The van der Waals surface area contributed by atoms with Crippen molar-refractivity contribution in [2.45, 2.75) is 93.7 Å². The second kappa shape index (κ2) is 11.9. The van der Waals surface area contributed by atoms with Crippen molar-refractivity contribution < 1.29 is 26.7 Å². The number of hydrogen-bond donors (Lipinski definition) is 1. The van der Waals surface area contributed by atoms with Gasteiger partial charge in [-0.3, -0.25) is 4.79 Å². The Balaban J connectivity index is 1.38. The molecule has 218 valence electrons. The number of piperidine rings is 1. The highest BCUT2D eigenvalue weighted by Crippen LogP contribution is 2.42. The smallest absolute Gasteiger partial charge is 0.298 e. The maximum Gasteiger partial charge on any atom is 0.298 e. The molecule has 0 spiro atoms. The lowest BCUT2D eigenvalue weighted by Crippen LogP contribution is -2.59. The highest BCUT2D eigenvalue weighted by molar-refractivity contribution is 7.89. The molecule has 2 aliphatic heterocycles. The Labute approximate surface area is 240 Å². The molecule has 1 N–H and O–H groups in total. The minimum Gasteiger partial charge on any atom is -0.493 e. The van der Waals surface area contributed by atoms with E-state index in [0.29, 0.717) is 24.2 Å². The van der Waals surface area contributed by atoms with Gasteiger partial charge < -0.3 is 9.64 Å². The molecule has 0 aromatic heterocycles. The van der Waals surface area contributed by atoms with Gasteiger partial charge in [0, 0.05) is 22.7 Å². The van der Waals surface area contributed by atoms with E-state index in [9.17, 15) is 13.2 Å². The largest absolute Gasteiger partial charge is 0.493 e. The first kappa shape index (κ1) is 29.3. The molecule has 3 fully saturated rings. The highest BCUT2D eigenvalue weighted by Gasteiger charge is 2.53. The van der Waals surface area contributed by atoms with E-state index in [-0.39, 0.29) is 22.0 Å². The number of rotatable bonds is 9. The second-order valence-electron chi connectivity index (χ2n) is 11.7. The van der Waals surface area contributed by atoms with Crippen LogP contribution in [0.3, 0.4) is 0 Å². The van der Waals surface area contributed by atoms with Gasteiger partial charge in [0.2, 0.25) is 15.9 Å². The second-order valence-corrected chi connectivity index (χ2v) is 13.8. The summed E-state index contributed by atoms with van der Waals surface area (Å²) >= 11 is 5.91. The van der Waals surface area contributed by atoms with Gasteiger partial charge in [-0.15, -0.1) is 0 Å². The van der Waals surface area contributed by atoms with Gasteiger partial charge in [-0.1, -0.05) is 49.9 Å². The summed E-state index contributed by atoms with van der Waals surface area (Å²) in [4.78, 5) is 15.1. The molecular weight excluding hydrogens is 558 g/mol. The molecule has 2 saturated heterocycles. The van der Waals surface area contributed by atoms with Gasteiger partial charge >= 0.3 is 0 Å². The monoisotopic (exact) mass is 594 g/mol. The third-order valence-electron chi connectivity index (χ3n) is 8.68. The number of fused-ring (bicyclic) bond motifs is 2. The molecule has 3 aliphatic rings. The number of alkyl halides is 2. The van der Waals surface area contributed by atoms with E-state index < -0.39 is 33.5 Å². The zero-order valence-corrected chi connectivity index (χ0v) is 24.3. The van der Waals surface area contributed by atoms with Gasteiger partial charge in [-0.2, -0.15) is 13.5 Å². The lowest BCUT2D eigenvalue weighted by Gasteiger charge is -2.41. The van der Waals surface area contributed by atoms with Crippen molar-refractivity contribution in [2.24, 2.45) is 11.8 Å². The first-order valence-corrected chi connectivity index (χ1v) is 16.1. The number of carbonyl (C=O) groups excluding carboxylic acids is 1. The minimum absolute atomic E-state index is 0.171. The molecule has 2 aromatic carbocycles. The molecule has 3 unspecified atom stereocenters. The number of amides is 1. The van der Waals surface area contributed by atoms with Crippen molar-refractivity contribution in [3.05, 3.63) is 59.1 Å². The molecule has 2 aromatic rings. The topological polar surface area (TPSA) is 75.7 Å². The van der Waals surface area contributed by atoms with E-state index in [1.54, 1.807) is 0 Å². The lowest BCUT2D eigenvalue weighted by molar-refractivity contribution is -0.149. The van der Waals surface area contributed by atoms with Gasteiger partial charge in [0.25, 0.3) is 5.92 Å². The average molecular weight is 595 g/mol. The number of carbonyl (C=O) groups is 1. The van der Waals surface area contributed by atoms with E-state index in [4.69, 9.17) is 16.3 Å². The van der Waals surface area contributed by atoms with Crippen LogP contribution >= 0.6 is 11.6 Å². The fourth-order valence-corrected chi connectivity index (χ4v) is 7.90. The van der Waals surface area contributed by atoms with Crippen molar-refractivity contribution in [3.8, 4) is 5.75 Å². The number of nitrogens with one attached hydrogen (secondary N) is 1. The molecule has 3 atom stereocenters. The summed E-state index contributed by atoms with van der Waals surface area (Å²) in [5.74, 6) is -3.33. The van der Waals surface area contributed by atoms with Crippen LogP contribution in [0.25, 0.3) is 0 Å². The molecule has 1 aliphatic carbocycles. The first-order chi connectivity index (χ1) is 19.0. The summed E-state index contributed by atoms with van der Waals surface area (Å²) in [7, 11) is -4.48. The Bertz CT molecular complexity index is 1270. The maximum atomic E-state index is 16.1. The van der Waals surface area contributed by atoms with Crippen LogP contribution in [0.2, 0.25) is 5.02 Å². The number of ether oxygens (including phenoxy) is 1. The lowest BCUT2D eigenvalue weighted by atomic mass is 9.90.